The SMILES string of the molecule is c1ccc(-c2ccc(N(c3ccc(-c4ccccc4)cc3)c3ccc4cc(-c5ccc(-n6c7ccccc7c7ccccc76)cc5)ccc4c3)cc2)cc1. The predicted octanol–water partition coefficient (Wildman–Crippen LogP) is 14.4. The van der Waals surface area contributed by atoms with Gasteiger partial charge in [-0.15, -0.1) is 0 Å². The van der Waals surface area contributed by atoms with E-state index in [0.29, 0.717) is 0 Å². The van der Waals surface area contributed by atoms with E-state index in [2.05, 4.69) is 228 Å². The normalized spacial score (nSPS) is 11.3. The van der Waals surface area contributed by atoms with E-state index >= 15 is 0 Å². The van der Waals surface area contributed by atoms with Crippen LogP contribution in [0.25, 0.3) is 71.6 Å². The molecule has 9 aromatic carbocycles. The molecule has 0 atom stereocenters. The summed E-state index contributed by atoms with van der Waals surface area (Å²) in [6.45, 7) is 0. The first kappa shape index (κ1) is 31.6. The minimum absolute atomic E-state index is 1.11. The maximum Gasteiger partial charge on any atom is 0.0541 e. The molecule has 0 saturated heterocycles. The average molecular weight is 689 g/mol. The predicted molar refractivity (Wildman–Crippen MR) is 229 cm³/mol. The van der Waals surface area contributed by atoms with Gasteiger partial charge in [-0.3, -0.25) is 0 Å². The van der Waals surface area contributed by atoms with Crippen LogP contribution in [0, 0.1) is 0 Å². The van der Waals surface area contributed by atoms with Crippen LogP contribution in [-0.4, -0.2) is 4.57 Å². The lowest BCUT2D eigenvalue weighted by Crippen LogP contribution is -2.09. The van der Waals surface area contributed by atoms with E-state index in [1.54, 1.807) is 0 Å². The zero-order chi connectivity index (χ0) is 35.8. The van der Waals surface area contributed by atoms with Crippen molar-refractivity contribution < 1.29 is 0 Å². The fourth-order valence-electron chi connectivity index (χ4n) is 7.87. The number of benzene rings is 9. The number of nitrogens with zero attached hydrogens (tertiary/aromatic N) is 2. The molecule has 254 valence electrons. The largest absolute Gasteiger partial charge is 0.310 e. The van der Waals surface area contributed by atoms with Gasteiger partial charge in [-0.1, -0.05) is 152 Å². The first-order valence-electron chi connectivity index (χ1n) is 18.5. The second-order valence-electron chi connectivity index (χ2n) is 13.8. The molecule has 0 saturated carbocycles. The molecule has 1 aromatic heterocycles. The summed E-state index contributed by atoms with van der Waals surface area (Å²) in [5.41, 5.74) is 14.2. The Morgan fingerprint density at radius 2 is 0.667 bits per heavy atom. The summed E-state index contributed by atoms with van der Waals surface area (Å²) in [6, 6.07) is 78.8. The van der Waals surface area contributed by atoms with Crippen molar-refractivity contribution in [3.8, 4) is 39.1 Å². The van der Waals surface area contributed by atoms with Gasteiger partial charge in [-0.25, -0.2) is 0 Å². The third-order valence-corrected chi connectivity index (χ3v) is 10.6. The standard InChI is InChI=1S/C52H36N2/c1-3-11-37(12-4-1)39-21-28-45(29-22-39)53(46-30-23-40(24-31-46)38-13-5-2-6-14-38)48-34-27-43-35-42(19-20-44(43)36-48)41-25-32-47(33-26-41)54-51-17-9-7-15-49(51)50-16-8-10-18-52(50)54/h1-36H. The van der Waals surface area contributed by atoms with E-state index in [4.69, 9.17) is 0 Å². The molecule has 10 rings (SSSR count). The van der Waals surface area contributed by atoms with Crippen LogP contribution < -0.4 is 4.90 Å². The van der Waals surface area contributed by atoms with Gasteiger partial charge >= 0.3 is 0 Å². The van der Waals surface area contributed by atoms with Gasteiger partial charge in [0, 0.05) is 33.5 Å². The van der Waals surface area contributed by atoms with Gasteiger partial charge in [0.2, 0.25) is 0 Å². The summed E-state index contributed by atoms with van der Waals surface area (Å²) < 4.78 is 2.37. The van der Waals surface area contributed by atoms with Gasteiger partial charge in [0.15, 0.2) is 0 Å². The summed E-state index contributed by atoms with van der Waals surface area (Å²) in [6.07, 6.45) is 0. The van der Waals surface area contributed by atoms with E-state index in [1.165, 1.54) is 66.0 Å². The number of hydrogen-bond acceptors (Lipinski definition) is 1. The van der Waals surface area contributed by atoms with Crippen molar-refractivity contribution in [1.29, 1.82) is 0 Å². The first-order valence-corrected chi connectivity index (χ1v) is 18.5. The summed E-state index contributed by atoms with van der Waals surface area (Å²) >= 11 is 0. The Morgan fingerprint density at radius 1 is 0.278 bits per heavy atom. The molecule has 0 N–H and O–H groups in total. The number of para-hydroxylation sites is 2. The lowest BCUT2D eigenvalue weighted by molar-refractivity contribution is 1.18. The maximum atomic E-state index is 2.37. The highest BCUT2D eigenvalue weighted by atomic mass is 15.1. The minimum atomic E-state index is 1.11. The lowest BCUT2D eigenvalue weighted by atomic mass is 10.00. The fraction of sp³-hybridized carbons (Fsp3) is 0. The van der Waals surface area contributed by atoms with Crippen molar-refractivity contribution in [2.75, 3.05) is 4.90 Å². The monoisotopic (exact) mass is 688 g/mol. The second-order valence-corrected chi connectivity index (χ2v) is 13.8. The van der Waals surface area contributed by atoms with Crippen LogP contribution in [0.3, 0.4) is 0 Å². The van der Waals surface area contributed by atoms with Crippen molar-refractivity contribution in [3.05, 3.63) is 218 Å². The Bertz CT molecular complexity index is 2750. The lowest BCUT2D eigenvalue weighted by Gasteiger charge is -2.26. The van der Waals surface area contributed by atoms with Gasteiger partial charge in [0.1, 0.15) is 0 Å². The van der Waals surface area contributed by atoms with Crippen LogP contribution in [0.4, 0.5) is 17.1 Å². The number of anilines is 3. The maximum absolute atomic E-state index is 2.37. The molecule has 0 spiro atoms. The van der Waals surface area contributed by atoms with Gasteiger partial charge < -0.3 is 9.47 Å². The molecule has 0 aliphatic rings. The molecular weight excluding hydrogens is 653 g/mol. The highest BCUT2D eigenvalue weighted by molar-refractivity contribution is 6.09. The molecule has 0 unspecified atom stereocenters. The zero-order valence-electron chi connectivity index (χ0n) is 29.7. The number of aromatic nitrogens is 1. The summed E-state index contributed by atoms with van der Waals surface area (Å²) in [7, 11) is 0. The third-order valence-electron chi connectivity index (χ3n) is 10.6. The molecule has 54 heavy (non-hydrogen) atoms. The molecule has 1 heterocycles. The smallest absolute Gasteiger partial charge is 0.0541 e. The highest BCUT2D eigenvalue weighted by Crippen LogP contribution is 2.39. The molecular formula is C52H36N2. The van der Waals surface area contributed by atoms with Gasteiger partial charge in [-0.05, 0) is 111 Å². The Hall–Kier alpha value is -7.16. The average Bonchev–Trinajstić information content (AvgIpc) is 3.59. The molecule has 0 amide bonds. The molecule has 10 aromatic rings. The second kappa shape index (κ2) is 13.4. The Labute approximate surface area is 315 Å². The van der Waals surface area contributed by atoms with Crippen molar-refractivity contribution in [2.45, 2.75) is 0 Å². The summed E-state index contributed by atoms with van der Waals surface area (Å²) in [5, 5.41) is 4.96. The van der Waals surface area contributed by atoms with E-state index < -0.39 is 0 Å². The highest BCUT2D eigenvalue weighted by Gasteiger charge is 2.15. The van der Waals surface area contributed by atoms with Crippen molar-refractivity contribution in [2.24, 2.45) is 0 Å². The van der Waals surface area contributed by atoms with E-state index in [-0.39, 0.29) is 0 Å². The van der Waals surface area contributed by atoms with Crippen molar-refractivity contribution in [3.63, 3.8) is 0 Å². The summed E-state index contributed by atoms with van der Waals surface area (Å²) in [4.78, 5) is 2.35. The number of fused-ring (bicyclic) bond motifs is 4. The fourth-order valence-corrected chi connectivity index (χ4v) is 7.87. The Balaban J connectivity index is 0.995. The molecule has 2 nitrogen and oxygen atoms in total. The Kier molecular flexibility index (Phi) is 7.85. The van der Waals surface area contributed by atoms with Crippen molar-refractivity contribution in [1.82, 2.24) is 4.57 Å². The van der Waals surface area contributed by atoms with Crippen LogP contribution in [0.5, 0.6) is 0 Å². The Morgan fingerprint density at radius 3 is 1.22 bits per heavy atom. The van der Waals surface area contributed by atoms with E-state index in [0.717, 1.165) is 22.7 Å². The molecule has 0 aliphatic carbocycles. The quantitative estimate of drug-likeness (QED) is 0.162. The molecule has 0 radical (unpaired) electrons. The number of hydrogen-bond donors (Lipinski definition) is 0. The molecule has 0 fully saturated rings. The van der Waals surface area contributed by atoms with E-state index in [9.17, 15) is 0 Å². The minimum Gasteiger partial charge on any atom is -0.310 e. The zero-order valence-corrected chi connectivity index (χ0v) is 29.7. The first-order chi connectivity index (χ1) is 26.8. The van der Waals surface area contributed by atoms with Crippen LogP contribution >= 0.6 is 0 Å². The van der Waals surface area contributed by atoms with Gasteiger partial charge in [0.25, 0.3) is 0 Å². The number of rotatable bonds is 7. The molecule has 0 aliphatic heterocycles. The van der Waals surface area contributed by atoms with Crippen LogP contribution in [0.2, 0.25) is 0 Å². The van der Waals surface area contributed by atoms with Crippen LogP contribution in [0.1, 0.15) is 0 Å². The van der Waals surface area contributed by atoms with Gasteiger partial charge in [-0.2, -0.15) is 0 Å². The molecule has 2 heteroatoms. The molecule has 0 bridgehead atoms. The third kappa shape index (κ3) is 5.71. The topological polar surface area (TPSA) is 8.17 Å². The van der Waals surface area contributed by atoms with Gasteiger partial charge in [0.05, 0.1) is 11.0 Å². The summed E-state index contributed by atoms with van der Waals surface area (Å²) in [5.74, 6) is 0. The van der Waals surface area contributed by atoms with E-state index in [1.807, 2.05) is 0 Å². The van der Waals surface area contributed by atoms with Crippen LogP contribution in [0.15, 0.2) is 218 Å². The van der Waals surface area contributed by atoms with Crippen LogP contribution in [-0.2, 0) is 0 Å². The van der Waals surface area contributed by atoms with Crippen molar-refractivity contribution >= 4 is 49.6 Å².